The lowest BCUT2D eigenvalue weighted by Crippen LogP contribution is -2.29. The summed E-state index contributed by atoms with van der Waals surface area (Å²) in [7, 11) is 0. The van der Waals surface area contributed by atoms with Gasteiger partial charge < -0.3 is 10.5 Å². The third kappa shape index (κ3) is 2.45. The summed E-state index contributed by atoms with van der Waals surface area (Å²) in [5.41, 5.74) is 5.82. The molecule has 0 bridgehead atoms. The first-order valence-corrected chi connectivity index (χ1v) is 5.53. The van der Waals surface area contributed by atoms with E-state index in [0.717, 1.165) is 4.68 Å². The predicted octanol–water partition coefficient (Wildman–Crippen LogP) is 0.792. The molecule has 0 aliphatic heterocycles. The van der Waals surface area contributed by atoms with Crippen LogP contribution in [0.2, 0.25) is 0 Å². The standard InChI is InChI=1S/C11H14N4O2/c1-7(17-6-8-2-3-8)11(16)15-10(13)9(4-12)5-14-15/h5,7-8H,2-3,6,13H2,1H3/t7-/m0/s1. The van der Waals surface area contributed by atoms with Gasteiger partial charge in [0.05, 0.1) is 12.8 Å². The van der Waals surface area contributed by atoms with Crippen molar-refractivity contribution in [3.05, 3.63) is 11.8 Å². The molecule has 17 heavy (non-hydrogen) atoms. The Hall–Kier alpha value is -1.87. The Morgan fingerprint density at radius 2 is 2.53 bits per heavy atom. The van der Waals surface area contributed by atoms with Crippen LogP contribution in [0.3, 0.4) is 0 Å². The lowest BCUT2D eigenvalue weighted by Gasteiger charge is -2.12. The van der Waals surface area contributed by atoms with E-state index in [4.69, 9.17) is 15.7 Å². The Bertz CT molecular complexity index is 470. The second kappa shape index (κ2) is 4.55. The molecule has 0 amide bonds. The van der Waals surface area contributed by atoms with E-state index >= 15 is 0 Å². The van der Waals surface area contributed by atoms with Crippen LogP contribution in [0.1, 0.15) is 30.1 Å². The van der Waals surface area contributed by atoms with Gasteiger partial charge in [0.2, 0.25) is 0 Å². The highest BCUT2D eigenvalue weighted by molar-refractivity contribution is 5.85. The van der Waals surface area contributed by atoms with Crippen LogP contribution < -0.4 is 5.73 Å². The summed E-state index contributed by atoms with van der Waals surface area (Å²) in [6.07, 6.45) is 3.03. The van der Waals surface area contributed by atoms with Crippen molar-refractivity contribution >= 4 is 11.7 Å². The van der Waals surface area contributed by atoms with Crippen molar-refractivity contribution in [2.45, 2.75) is 25.9 Å². The van der Waals surface area contributed by atoms with Gasteiger partial charge in [-0.05, 0) is 25.7 Å². The molecule has 1 aliphatic rings. The average molecular weight is 234 g/mol. The number of carbonyl (C=O) groups excluding carboxylic acids is 1. The number of nitrogens with two attached hydrogens (primary N) is 1. The van der Waals surface area contributed by atoms with Crippen LogP contribution in [0.4, 0.5) is 5.82 Å². The van der Waals surface area contributed by atoms with Gasteiger partial charge in [-0.2, -0.15) is 15.0 Å². The molecule has 6 heteroatoms. The first-order chi connectivity index (χ1) is 8.13. The largest absolute Gasteiger partial charge is 0.382 e. The minimum absolute atomic E-state index is 0.0689. The molecule has 0 radical (unpaired) electrons. The molecule has 90 valence electrons. The van der Waals surface area contributed by atoms with Crippen LogP contribution in [0.15, 0.2) is 6.20 Å². The minimum atomic E-state index is -0.593. The van der Waals surface area contributed by atoms with E-state index < -0.39 is 6.10 Å². The van der Waals surface area contributed by atoms with Crippen molar-refractivity contribution in [3.8, 4) is 6.07 Å². The van der Waals surface area contributed by atoms with E-state index in [1.165, 1.54) is 19.0 Å². The maximum Gasteiger partial charge on any atom is 0.277 e. The van der Waals surface area contributed by atoms with Crippen molar-refractivity contribution in [2.24, 2.45) is 5.92 Å². The van der Waals surface area contributed by atoms with E-state index in [1.807, 2.05) is 6.07 Å². The number of ether oxygens (including phenoxy) is 1. The topological polar surface area (TPSA) is 93.9 Å². The Morgan fingerprint density at radius 3 is 3.06 bits per heavy atom. The van der Waals surface area contributed by atoms with Gasteiger partial charge in [0, 0.05) is 0 Å². The van der Waals surface area contributed by atoms with Crippen molar-refractivity contribution < 1.29 is 9.53 Å². The first kappa shape index (κ1) is 11.6. The zero-order valence-corrected chi connectivity index (χ0v) is 9.59. The highest BCUT2D eigenvalue weighted by Crippen LogP contribution is 2.29. The first-order valence-electron chi connectivity index (χ1n) is 5.53. The molecule has 1 heterocycles. The fourth-order valence-electron chi connectivity index (χ4n) is 1.43. The third-order valence-electron chi connectivity index (χ3n) is 2.76. The Balaban J connectivity index is 2.02. The van der Waals surface area contributed by atoms with Gasteiger partial charge in [0.25, 0.3) is 5.91 Å². The number of hydrogen-bond acceptors (Lipinski definition) is 5. The van der Waals surface area contributed by atoms with Gasteiger partial charge >= 0.3 is 0 Å². The molecule has 2 rings (SSSR count). The van der Waals surface area contributed by atoms with Gasteiger partial charge in [0.1, 0.15) is 23.6 Å². The fraction of sp³-hybridized carbons (Fsp3) is 0.545. The fourth-order valence-corrected chi connectivity index (χ4v) is 1.43. The lowest BCUT2D eigenvalue weighted by atomic mass is 10.3. The van der Waals surface area contributed by atoms with Crippen LogP contribution in [-0.4, -0.2) is 28.4 Å². The molecular formula is C11H14N4O2. The van der Waals surface area contributed by atoms with Gasteiger partial charge in [-0.25, -0.2) is 0 Å². The smallest absolute Gasteiger partial charge is 0.277 e. The number of aromatic nitrogens is 2. The molecule has 1 aromatic heterocycles. The minimum Gasteiger partial charge on any atom is -0.382 e. The van der Waals surface area contributed by atoms with Crippen LogP contribution in [0, 0.1) is 17.2 Å². The van der Waals surface area contributed by atoms with Crippen LogP contribution >= 0.6 is 0 Å². The predicted molar refractivity (Wildman–Crippen MR) is 60.1 cm³/mol. The van der Waals surface area contributed by atoms with E-state index in [1.54, 1.807) is 6.92 Å². The average Bonchev–Trinajstić information content (AvgIpc) is 3.08. The Morgan fingerprint density at radius 1 is 1.82 bits per heavy atom. The number of anilines is 1. The zero-order chi connectivity index (χ0) is 12.4. The molecule has 1 aliphatic carbocycles. The maximum absolute atomic E-state index is 11.9. The molecule has 6 nitrogen and oxygen atoms in total. The van der Waals surface area contributed by atoms with Gasteiger partial charge in [0.15, 0.2) is 0 Å². The van der Waals surface area contributed by atoms with Crippen molar-refractivity contribution in [3.63, 3.8) is 0 Å². The summed E-state index contributed by atoms with van der Waals surface area (Å²) in [5, 5.41) is 12.5. The van der Waals surface area contributed by atoms with Gasteiger partial charge in [-0.3, -0.25) is 4.79 Å². The van der Waals surface area contributed by atoms with Crippen LogP contribution in [-0.2, 0) is 4.74 Å². The van der Waals surface area contributed by atoms with Crippen molar-refractivity contribution in [1.29, 1.82) is 5.26 Å². The lowest BCUT2D eigenvalue weighted by molar-refractivity contribution is 0.0352. The summed E-state index contributed by atoms with van der Waals surface area (Å²) < 4.78 is 6.46. The summed E-state index contributed by atoms with van der Waals surface area (Å²) in [4.78, 5) is 11.9. The van der Waals surface area contributed by atoms with E-state index in [9.17, 15) is 4.79 Å². The van der Waals surface area contributed by atoms with Crippen molar-refractivity contribution in [2.75, 3.05) is 12.3 Å². The molecule has 1 aromatic rings. The zero-order valence-electron chi connectivity index (χ0n) is 9.59. The van der Waals surface area contributed by atoms with Gasteiger partial charge in [-0.1, -0.05) is 0 Å². The number of nitrogen functional groups attached to an aromatic ring is 1. The quantitative estimate of drug-likeness (QED) is 0.831. The SMILES string of the molecule is C[C@H](OCC1CC1)C(=O)n1ncc(C#N)c1N. The number of hydrogen-bond donors (Lipinski definition) is 1. The molecule has 0 saturated heterocycles. The summed E-state index contributed by atoms with van der Waals surface area (Å²) in [6, 6.07) is 1.87. The highest BCUT2D eigenvalue weighted by Gasteiger charge is 2.25. The summed E-state index contributed by atoms with van der Waals surface area (Å²) in [5.74, 6) is 0.318. The third-order valence-corrected chi connectivity index (χ3v) is 2.76. The second-order valence-corrected chi connectivity index (χ2v) is 4.22. The molecule has 0 aromatic carbocycles. The second-order valence-electron chi connectivity index (χ2n) is 4.22. The molecule has 0 spiro atoms. The van der Waals surface area contributed by atoms with E-state index in [2.05, 4.69) is 5.10 Å². The molecular weight excluding hydrogens is 220 g/mol. The number of carbonyl (C=O) groups is 1. The summed E-state index contributed by atoms with van der Waals surface area (Å²) >= 11 is 0. The molecule has 1 fully saturated rings. The maximum atomic E-state index is 11.9. The summed E-state index contributed by atoms with van der Waals surface area (Å²) in [6.45, 7) is 2.26. The number of nitrogens with zero attached hydrogens (tertiary/aromatic N) is 3. The number of nitriles is 1. The highest BCUT2D eigenvalue weighted by atomic mass is 16.5. The molecule has 2 N–H and O–H groups in total. The van der Waals surface area contributed by atoms with Crippen LogP contribution in [0.25, 0.3) is 0 Å². The van der Waals surface area contributed by atoms with Crippen molar-refractivity contribution in [1.82, 2.24) is 9.78 Å². The monoisotopic (exact) mass is 234 g/mol. The van der Waals surface area contributed by atoms with Gasteiger partial charge in [-0.15, -0.1) is 0 Å². The molecule has 1 atom stereocenters. The van der Waals surface area contributed by atoms with Crippen LogP contribution in [0.5, 0.6) is 0 Å². The normalized spacial score (nSPS) is 16.5. The Labute approximate surface area is 99.0 Å². The molecule has 1 saturated carbocycles. The van der Waals surface area contributed by atoms with E-state index in [0.29, 0.717) is 12.5 Å². The number of rotatable bonds is 4. The van der Waals surface area contributed by atoms with E-state index in [-0.39, 0.29) is 17.3 Å². The Kier molecular flexibility index (Phi) is 3.11. The molecule has 0 unspecified atom stereocenters.